The Labute approximate surface area is 109 Å². The average Bonchev–Trinajstić information content (AvgIpc) is 2.89. The highest BCUT2D eigenvalue weighted by Crippen LogP contribution is 2.21. The number of nitriles is 1. The monoisotopic (exact) mass is 250 g/mol. The molecule has 3 rings (SSSR count). The molecule has 19 heavy (non-hydrogen) atoms. The maximum Gasteiger partial charge on any atom is 0.121 e. The van der Waals surface area contributed by atoms with Gasteiger partial charge in [0.25, 0.3) is 0 Å². The molecule has 0 atom stereocenters. The SMILES string of the molecule is COc1ccc2cn(-c3ccncc3C#N)nc2c1. The maximum absolute atomic E-state index is 9.09. The number of nitrogens with zero attached hydrogens (tertiary/aromatic N) is 4. The fraction of sp³-hybridized carbons (Fsp3) is 0.0714. The van der Waals surface area contributed by atoms with Gasteiger partial charge in [0.2, 0.25) is 0 Å². The van der Waals surface area contributed by atoms with Crippen molar-refractivity contribution in [3.8, 4) is 17.5 Å². The fourth-order valence-electron chi connectivity index (χ4n) is 1.92. The van der Waals surface area contributed by atoms with Crippen molar-refractivity contribution in [2.75, 3.05) is 7.11 Å². The Morgan fingerprint density at radius 2 is 2.21 bits per heavy atom. The van der Waals surface area contributed by atoms with Gasteiger partial charge in [0.1, 0.15) is 11.8 Å². The summed E-state index contributed by atoms with van der Waals surface area (Å²) < 4.78 is 6.86. The first-order valence-electron chi connectivity index (χ1n) is 5.70. The van der Waals surface area contributed by atoms with E-state index in [2.05, 4.69) is 16.2 Å². The summed E-state index contributed by atoms with van der Waals surface area (Å²) in [5.41, 5.74) is 2.02. The van der Waals surface area contributed by atoms with Gasteiger partial charge in [-0.25, -0.2) is 4.68 Å². The van der Waals surface area contributed by atoms with Gasteiger partial charge < -0.3 is 4.74 Å². The van der Waals surface area contributed by atoms with Crippen LogP contribution in [0.2, 0.25) is 0 Å². The average molecular weight is 250 g/mol. The smallest absolute Gasteiger partial charge is 0.121 e. The van der Waals surface area contributed by atoms with Crippen LogP contribution in [-0.4, -0.2) is 21.9 Å². The second-order valence-corrected chi connectivity index (χ2v) is 4.00. The molecule has 0 aliphatic rings. The van der Waals surface area contributed by atoms with Crippen molar-refractivity contribution in [1.82, 2.24) is 14.8 Å². The predicted molar refractivity (Wildman–Crippen MR) is 70.1 cm³/mol. The van der Waals surface area contributed by atoms with Crippen molar-refractivity contribution in [2.45, 2.75) is 0 Å². The number of methoxy groups -OCH3 is 1. The molecule has 0 radical (unpaired) electrons. The van der Waals surface area contributed by atoms with Crippen LogP contribution in [0.3, 0.4) is 0 Å². The molecule has 92 valence electrons. The number of aromatic nitrogens is 3. The molecule has 0 N–H and O–H groups in total. The van der Waals surface area contributed by atoms with E-state index < -0.39 is 0 Å². The van der Waals surface area contributed by atoms with E-state index in [-0.39, 0.29) is 0 Å². The third kappa shape index (κ3) is 1.89. The Morgan fingerprint density at radius 1 is 1.32 bits per heavy atom. The van der Waals surface area contributed by atoms with Gasteiger partial charge in [0.15, 0.2) is 0 Å². The summed E-state index contributed by atoms with van der Waals surface area (Å²) >= 11 is 0. The van der Waals surface area contributed by atoms with Crippen LogP contribution in [0.4, 0.5) is 0 Å². The Bertz CT molecular complexity index is 785. The third-order valence-electron chi connectivity index (χ3n) is 2.88. The van der Waals surface area contributed by atoms with Gasteiger partial charge in [-0.1, -0.05) is 0 Å². The number of pyridine rings is 1. The molecule has 1 aromatic carbocycles. The highest BCUT2D eigenvalue weighted by molar-refractivity contribution is 5.80. The minimum Gasteiger partial charge on any atom is -0.497 e. The largest absolute Gasteiger partial charge is 0.497 e. The molecular weight excluding hydrogens is 240 g/mol. The Hall–Kier alpha value is -2.87. The number of hydrogen-bond donors (Lipinski definition) is 0. The Kier molecular flexibility index (Phi) is 2.62. The zero-order chi connectivity index (χ0) is 13.2. The van der Waals surface area contributed by atoms with Gasteiger partial charge in [0.05, 0.1) is 23.9 Å². The second-order valence-electron chi connectivity index (χ2n) is 4.00. The lowest BCUT2D eigenvalue weighted by Gasteiger charge is -2.01. The van der Waals surface area contributed by atoms with Gasteiger partial charge in [-0.15, -0.1) is 0 Å². The molecule has 0 saturated heterocycles. The van der Waals surface area contributed by atoms with Crippen molar-refractivity contribution in [2.24, 2.45) is 0 Å². The summed E-state index contributed by atoms with van der Waals surface area (Å²) in [6, 6.07) is 9.56. The van der Waals surface area contributed by atoms with Crippen LogP contribution in [0.1, 0.15) is 5.56 Å². The normalized spacial score (nSPS) is 10.3. The van der Waals surface area contributed by atoms with Crippen LogP contribution in [-0.2, 0) is 0 Å². The van der Waals surface area contributed by atoms with Gasteiger partial charge in [-0.2, -0.15) is 10.4 Å². The molecule has 0 amide bonds. The molecule has 0 saturated carbocycles. The number of ether oxygens (including phenoxy) is 1. The van der Waals surface area contributed by atoms with Crippen LogP contribution in [0.5, 0.6) is 5.75 Å². The van der Waals surface area contributed by atoms with E-state index in [0.29, 0.717) is 11.3 Å². The molecule has 0 fully saturated rings. The van der Waals surface area contributed by atoms with E-state index in [1.807, 2.05) is 24.4 Å². The quantitative estimate of drug-likeness (QED) is 0.700. The van der Waals surface area contributed by atoms with E-state index in [1.165, 1.54) is 6.20 Å². The van der Waals surface area contributed by atoms with Crippen LogP contribution < -0.4 is 4.74 Å². The summed E-state index contributed by atoms with van der Waals surface area (Å²) in [4.78, 5) is 3.94. The lowest BCUT2D eigenvalue weighted by molar-refractivity contribution is 0.415. The minimum atomic E-state index is 0.488. The van der Waals surface area contributed by atoms with Crippen molar-refractivity contribution in [3.63, 3.8) is 0 Å². The third-order valence-corrected chi connectivity index (χ3v) is 2.88. The van der Waals surface area contributed by atoms with Gasteiger partial charge in [-0.05, 0) is 18.2 Å². The predicted octanol–water partition coefficient (Wildman–Crippen LogP) is 2.30. The standard InChI is InChI=1S/C14H10N4O/c1-19-12-3-2-10-9-18(17-13(10)6-12)14-4-5-16-8-11(14)7-15/h2-6,8-9H,1H3. The zero-order valence-electron chi connectivity index (χ0n) is 10.2. The Balaban J connectivity index is 2.18. The van der Waals surface area contributed by atoms with Gasteiger partial charge in [-0.3, -0.25) is 4.98 Å². The number of hydrogen-bond acceptors (Lipinski definition) is 4. The van der Waals surface area contributed by atoms with Crippen LogP contribution in [0.25, 0.3) is 16.6 Å². The second kappa shape index (κ2) is 4.42. The molecule has 0 bridgehead atoms. The van der Waals surface area contributed by atoms with E-state index in [0.717, 1.165) is 16.7 Å². The van der Waals surface area contributed by atoms with Crippen molar-refractivity contribution in [1.29, 1.82) is 5.26 Å². The lowest BCUT2D eigenvalue weighted by Crippen LogP contribution is -1.98. The van der Waals surface area contributed by atoms with Crippen LogP contribution in [0, 0.1) is 11.3 Å². The molecule has 5 nitrogen and oxygen atoms in total. The summed E-state index contributed by atoms with van der Waals surface area (Å²) in [5.74, 6) is 0.757. The molecule has 0 aliphatic carbocycles. The molecule has 2 heterocycles. The van der Waals surface area contributed by atoms with Gasteiger partial charge in [0, 0.05) is 30.0 Å². The fourth-order valence-corrected chi connectivity index (χ4v) is 1.92. The highest BCUT2D eigenvalue weighted by atomic mass is 16.5. The van der Waals surface area contributed by atoms with Crippen LogP contribution >= 0.6 is 0 Å². The van der Waals surface area contributed by atoms with Crippen molar-refractivity contribution in [3.05, 3.63) is 48.4 Å². The first-order valence-corrected chi connectivity index (χ1v) is 5.70. The highest BCUT2D eigenvalue weighted by Gasteiger charge is 2.07. The molecule has 5 heteroatoms. The molecule has 3 aromatic rings. The first-order chi connectivity index (χ1) is 9.31. The maximum atomic E-state index is 9.09. The van der Waals surface area contributed by atoms with E-state index in [4.69, 9.17) is 10.00 Å². The first kappa shape index (κ1) is 11.2. The van der Waals surface area contributed by atoms with Gasteiger partial charge >= 0.3 is 0 Å². The number of fused-ring (bicyclic) bond motifs is 1. The molecule has 0 spiro atoms. The van der Waals surface area contributed by atoms with Crippen molar-refractivity contribution < 1.29 is 4.74 Å². The number of benzene rings is 1. The molecule has 2 aromatic heterocycles. The summed E-state index contributed by atoms with van der Waals surface area (Å²) in [7, 11) is 1.62. The van der Waals surface area contributed by atoms with E-state index in [9.17, 15) is 0 Å². The molecular formula is C14H10N4O. The van der Waals surface area contributed by atoms with E-state index in [1.54, 1.807) is 24.1 Å². The topological polar surface area (TPSA) is 63.7 Å². The summed E-state index contributed by atoms with van der Waals surface area (Å²) in [6.45, 7) is 0. The molecule has 0 unspecified atom stereocenters. The van der Waals surface area contributed by atoms with Crippen molar-refractivity contribution >= 4 is 10.9 Å². The van der Waals surface area contributed by atoms with E-state index >= 15 is 0 Å². The summed E-state index contributed by atoms with van der Waals surface area (Å²) in [6.07, 6.45) is 5.05. The van der Waals surface area contributed by atoms with Crippen LogP contribution in [0.15, 0.2) is 42.9 Å². The Morgan fingerprint density at radius 3 is 3.00 bits per heavy atom. The lowest BCUT2D eigenvalue weighted by atomic mass is 10.2. The summed E-state index contributed by atoms with van der Waals surface area (Å²) in [5, 5.41) is 14.5. The molecule has 0 aliphatic heterocycles. The minimum absolute atomic E-state index is 0.488. The number of rotatable bonds is 2. The zero-order valence-corrected chi connectivity index (χ0v) is 10.2.